The topological polar surface area (TPSA) is 29.9 Å². The highest BCUT2D eigenvalue weighted by molar-refractivity contribution is 5.11. The smallest absolute Gasteiger partial charge is 0.0624 e. The third-order valence-corrected chi connectivity index (χ3v) is 4.37. The second kappa shape index (κ2) is 6.56. The van der Waals surface area contributed by atoms with Crippen LogP contribution in [-0.4, -0.2) is 22.9 Å². The normalized spacial score (nSPS) is 15.5. The van der Waals surface area contributed by atoms with Crippen LogP contribution in [0.2, 0.25) is 0 Å². The number of nitrogens with one attached hydrogen (secondary N) is 1. The molecule has 110 valence electrons. The van der Waals surface area contributed by atoms with Crippen molar-refractivity contribution in [1.82, 2.24) is 15.1 Å². The summed E-state index contributed by atoms with van der Waals surface area (Å²) < 4.78 is 2.03. The summed E-state index contributed by atoms with van der Waals surface area (Å²) in [6.07, 6.45) is 3.27. The molecule has 0 bridgehead atoms. The number of nitrogens with zero attached hydrogens (tertiary/aromatic N) is 2. The zero-order valence-corrected chi connectivity index (χ0v) is 13.7. The molecule has 1 aromatic rings. The lowest BCUT2D eigenvalue weighted by molar-refractivity contribution is 0.224. The summed E-state index contributed by atoms with van der Waals surface area (Å²) >= 11 is 0. The summed E-state index contributed by atoms with van der Waals surface area (Å²) in [5.74, 6) is 0.698. The predicted octanol–water partition coefficient (Wildman–Crippen LogP) is 3.19. The Kier molecular flexibility index (Phi) is 5.60. The summed E-state index contributed by atoms with van der Waals surface area (Å²) in [7, 11) is 4.12. The molecule has 3 nitrogen and oxygen atoms in total. The van der Waals surface area contributed by atoms with Crippen molar-refractivity contribution in [3.63, 3.8) is 0 Å². The van der Waals surface area contributed by atoms with Crippen LogP contribution in [0.3, 0.4) is 0 Å². The zero-order chi connectivity index (χ0) is 14.6. The Morgan fingerprint density at radius 3 is 2.42 bits per heavy atom. The summed E-state index contributed by atoms with van der Waals surface area (Å²) in [4.78, 5) is 0. The first-order chi connectivity index (χ1) is 8.77. The van der Waals surface area contributed by atoms with Gasteiger partial charge in [-0.3, -0.25) is 4.68 Å². The van der Waals surface area contributed by atoms with E-state index in [-0.39, 0.29) is 0 Å². The van der Waals surface area contributed by atoms with Crippen molar-refractivity contribution >= 4 is 0 Å². The van der Waals surface area contributed by atoms with E-state index in [1.165, 1.54) is 17.8 Å². The van der Waals surface area contributed by atoms with Crippen molar-refractivity contribution in [2.45, 2.75) is 59.9 Å². The average molecular weight is 265 g/mol. The largest absolute Gasteiger partial charge is 0.317 e. The number of likely N-dealkylation sites (N-methyl/N-ethyl adjacent to an activating group) is 1. The molecule has 0 spiro atoms. The number of hydrogen-bond acceptors (Lipinski definition) is 2. The van der Waals surface area contributed by atoms with Gasteiger partial charge in [0.25, 0.3) is 0 Å². The van der Waals surface area contributed by atoms with E-state index in [2.05, 4.69) is 65.2 Å². The highest BCUT2D eigenvalue weighted by Crippen LogP contribution is 2.29. The van der Waals surface area contributed by atoms with Gasteiger partial charge in [-0.2, -0.15) is 5.10 Å². The van der Waals surface area contributed by atoms with Crippen LogP contribution in [0.1, 0.15) is 52.4 Å². The lowest BCUT2D eigenvalue weighted by Crippen LogP contribution is -2.33. The Hall–Kier alpha value is -0.830. The molecule has 0 aliphatic carbocycles. The van der Waals surface area contributed by atoms with Crippen LogP contribution >= 0.6 is 0 Å². The minimum Gasteiger partial charge on any atom is -0.317 e. The molecule has 0 fully saturated rings. The molecule has 1 heterocycles. The molecule has 0 saturated carbocycles. The van der Waals surface area contributed by atoms with Crippen LogP contribution in [-0.2, 0) is 19.9 Å². The zero-order valence-electron chi connectivity index (χ0n) is 13.7. The van der Waals surface area contributed by atoms with Gasteiger partial charge >= 0.3 is 0 Å². The second-order valence-corrected chi connectivity index (χ2v) is 6.80. The van der Waals surface area contributed by atoms with Gasteiger partial charge < -0.3 is 5.32 Å². The van der Waals surface area contributed by atoms with E-state index in [0.717, 1.165) is 12.8 Å². The van der Waals surface area contributed by atoms with Gasteiger partial charge in [0.1, 0.15) is 0 Å². The monoisotopic (exact) mass is 265 g/mol. The molecule has 0 aliphatic rings. The molecule has 0 aromatic carbocycles. The molecule has 1 aromatic heterocycles. The molecular weight excluding hydrogens is 234 g/mol. The van der Waals surface area contributed by atoms with Crippen LogP contribution in [0.15, 0.2) is 6.07 Å². The van der Waals surface area contributed by atoms with Gasteiger partial charge in [0, 0.05) is 25.2 Å². The van der Waals surface area contributed by atoms with E-state index in [4.69, 9.17) is 0 Å². The molecule has 2 unspecified atom stereocenters. The highest BCUT2D eigenvalue weighted by Gasteiger charge is 2.23. The van der Waals surface area contributed by atoms with Crippen LogP contribution in [0, 0.1) is 11.3 Å². The Labute approximate surface area is 118 Å². The molecule has 1 rings (SSSR count). The van der Waals surface area contributed by atoms with Gasteiger partial charge in [0.2, 0.25) is 0 Å². The molecule has 1 N–H and O–H groups in total. The van der Waals surface area contributed by atoms with Gasteiger partial charge in [-0.1, -0.05) is 34.6 Å². The van der Waals surface area contributed by atoms with Crippen LogP contribution in [0.4, 0.5) is 0 Å². The van der Waals surface area contributed by atoms with E-state index < -0.39 is 0 Å². The van der Waals surface area contributed by atoms with Crippen molar-refractivity contribution < 1.29 is 0 Å². The number of hydrogen-bond donors (Lipinski definition) is 1. The van der Waals surface area contributed by atoms with Crippen molar-refractivity contribution in [3.05, 3.63) is 17.5 Å². The van der Waals surface area contributed by atoms with Crippen LogP contribution < -0.4 is 5.32 Å². The van der Waals surface area contributed by atoms with Crippen molar-refractivity contribution in [2.75, 3.05) is 7.05 Å². The first-order valence-electron chi connectivity index (χ1n) is 7.47. The molecule has 0 radical (unpaired) electrons. The molecular formula is C16H31N3. The molecule has 19 heavy (non-hydrogen) atoms. The van der Waals surface area contributed by atoms with Crippen molar-refractivity contribution in [1.29, 1.82) is 0 Å². The van der Waals surface area contributed by atoms with Crippen LogP contribution in [0.25, 0.3) is 0 Å². The maximum absolute atomic E-state index is 4.53. The SMILES string of the molecule is CCc1cc(CC(CC(C)C(C)(C)C)NC)n(C)n1. The summed E-state index contributed by atoms with van der Waals surface area (Å²) in [5, 5.41) is 8.00. The maximum Gasteiger partial charge on any atom is 0.0624 e. The molecule has 0 saturated heterocycles. The number of aryl methyl sites for hydroxylation is 2. The molecule has 0 aliphatic heterocycles. The van der Waals surface area contributed by atoms with E-state index in [0.29, 0.717) is 17.4 Å². The fraction of sp³-hybridized carbons (Fsp3) is 0.812. The average Bonchev–Trinajstić information content (AvgIpc) is 2.68. The maximum atomic E-state index is 4.53. The second-order valence-electron chi connectivity index (χ2n) is 6.80. The molecule has 2 atom stereocenters. The fourth-order valence-corrected chi connectivity index (χ4v) is 2.27. The van der Waals surface area contributed by atoms with E-state index in [9.17, 15) is 0 Å². The van der Waals surface area contributed by atoms with Gasteiger partial charge in [0.15, 0.2) is 0 Å². The summed E-state index contributed by atoms with van der Waals surface area (Å²) in [5.41, 5.74) is 2.89. The standard InChI is InChI=1S/C16H31N3/c1-8-13-10-15(19(7)18-13)11-14(17-6)9-12(2)16(3,4)5/h10,12,14,17H,8-9,11H2,1-7H3. The lowest BCUT2D eigenvalue weighted by Gasteiger charge is -2.30. The Balaban J connectivity index is 2.68. The first-order valence-corrected chi connectivity index (χ1v) is 7.47. The Morgan fingerprint density at radius 1 is 1.37 bits per heavy atom. The van der Waals surface area contributed by atoms with Gasteiger partial charge in [-0.25, -0.2) is 0 Å². The Morgan fingerprint density at radius 2 is 2.00 bits per heavy atom. The summed E-state index contributed by atoms with van der Waals surface area (Å²) in [6, 6.07) is 2.76. The van der Waals surface area contributed by atoms with Crippen molar-refractivity contribution in [2.24, 2.45) is 18.4 Å². The predicted molar refractivity (Wildman–Crippen MR) is 82.4 cm³/mol. The van der Waals surface area contributed by atoms with Gasteiger partial charge in [-0.05, 0) is 37.3 Å². The van der Waals surface area contributed by atoms with Crippen LogP contribution in [0.5, 0.6) is 0 Å². The highest BCUT2D eigenvalue weighted by atomic mass is 15.3. The quantitative estimate of drug-likeness (QED) is 0.856. The first kappa shape index (κ1) is 16.2. The number of aromatic nitrogens is 2. The van der Waals surface area contributed by atoms with E-state index in [1.807, 2.05) is 4.68 Å². The molecule has 0 amide bonds. The fourth-order valence-electron chi connectivity index (χ4n) is 2.27. The minimum atomic E-state index is 0.371. The Bertz CT molecular complexity index is 387. The van der Waals surface area contributed by atoms with Crippen molar-refractivity contribution in [3.8, 4) is 0 Å². The lowest BCUT2D eigenvalue weighted by atomic mass is 9.78. The minimum absolute atomic E-state index is 0.371. The summed E-state index contributed by atoms with van der Waals surface area (Å²) in [6.45, 7) is 11.5. The number of rotatable bonds is 6. The van der Waals surface area contributed by atoms with Gasteiger partial charge in [-0.15, -0.1) is 0 Å². The van der Waals surface area contributed by atoms with Gasteiger partial charge in [0.05, 0.1) is 5.69 Å². The third kappa shape index (κ3) is 4.64. The molecule has 3 heteroatoms. The van der Waals surface area contributed by atoms with E-state index in [1.54, 1.807) is 0 Å². The van der Waals surface area contributed by atoms with E-state index >= 15 is 0 Å². The third-order valence-electron chi connectivity index (χ3n) is 4.37.